The van der Waals surface area contributed by atoms with Crippen LogP contribution < -0.4 is 15.5 Å². The third-order valence-corrected chi connectivity index (χ3v) is 5.77. The molecule has 2 N–H and O–H groups in total. The van der Waals surface area contributed by atoms with E-state index in [-0.39, 0.29) is 0 Å². The number of anilines is 2. The molecular formula is C25H26N4O4. The molecule has 8 heteroatoms. The molecule has 0 aliphatic carbocycles. The van der Waals surface area contributed by atoms with E-state index in [4.69, 9.17) is 4.74 Å². The summed E-state index contributed by atoms with van der Waals surface area (Å²) in [5, 5.41) is 5.64. The Labute approximate surface area is 191 Å². The minimum Gasteiger partial charge on any atom is -0.452 e. The first-order chi connectivity index (χ1) is 15.9. The van der Waals surface area contributed by atoms with Crippen molar-refractivity contribution in [1.82, 2.24) is 10.3 Å². The normalized spacial score (nSPS) is 13.1. The fraction of sp³-hybridized carbons (Fsp3) is 0.280. The standard InChI is InChI=1S/C25H26N4O4/c1-16-8-7-11-20(17(16)2)27-25(32)28-22(30)15-33-24(31)19-14-18-9-3-4-10-21(18)26-23(19)29-12-5-6-13-29/h3-4,7-11,14H,5-6,12-13,15H2,1-2H3,(H2,27,28,30,32). The highest BCUT2D eigenvalue weighted by Crippen LogP contribution is 2.27. The number of carbonyl (C=O) groups is 3. The van der Waals surface area contributed by atoms with Gasteiger partial charge in [0.05, 0.1) is 5.52 Å². The molecule has 3 aromatic rings. The maximum atomic E-state index is 12.9. The van der Waals surface area contributed by atoms with E-state index in [1.54, 1.807) is 12.1 Å². The van der Waals surface area contributed by atoms with E-state index in [0.29, 0.717) is 17.1 Å². The number of benzene rings is 2. The molecule has 8 nitrogen and oxygen atoms in total. The number of urea groups is 1. The van der Waals surface area contributed by atoms with Crippen LogP contribution in [0.3, 0.4) is 0 Å². The number of nitrogens with one attached hydrogen (secondary N) is 2. The van der Waals surface area contributed by atoms with Crippen molar-refractivity contribution in [2.75, 3.05) is 29.9 Å². The van der Waals surface area contributed by atoms with Crippen LogP contribution in [0.4, 0.5) is 16.3 Å². The largest absolute Gasteiger partial charge is 0.452 e. The maximum absolute atomic E-state index is 12.9. The summed E-state index contributed by atoms with van der Waals surface area (Å²) >= 11 is 0. The summed E-state index contributed by atoms with van der Waals surface area (Å²) in [5.41, 5.74) is 3.63. The second-order valence-electron chi connectivity index (χ2n) is 8.07. The van der Waals surface area contributed by atoms with Crippen molar-refractivity contribution in [3.05, 3.63) is 65.2 Å². The zero-order chi connectivity index (χ0) is 23.4. The summed E-state index contributed by atoms with van der Waals surface area (Å²) in [7, 11) is 0. The number of ether oxygens (including phenoxy) is 1. The SMILES string of the molecule is Cc1cccc(NC(=O)NC(=O)COC(=O)c2cc3ccccc3nc2N2CCCC2)c1C. The molecule has 1 fully saturated rings. The Bertz CT molecular complexity index is 1220. The molecule has 33 heavy (non-hydrogen) atoms. The Morgan fingerprint density at radius 2 is 1.79 bits per heavy atom. The van der Waals surface area contributed by atoms with Crippen LogP contribution >= 0.6 is 0 Å². The maximum Gasteiger partial charge on any atom is 0.342 e. The summed E-state index contributed by atoms with van der Waals surface area (Å²) < 4.78 is 5.24. The van der Waals surface area contributed by atoms with E-state index in [1.807, 2.05) is 50.2 Å². The molecule has 0 spiro atoms. The quantitative estimate of drug-likeness (QED) is 0.576. The van der Waals surface area contributed by atoms with E-state index < -0.39 is 24.5 Å². The fourth-order valence-electron chi connectivity index (χ4n) is 3.84. The van der Waals surface area contributed by atoms with Crippen molar-refractivity contribution >= 4 is 40.3 Å². The molecule has 0 radical (unpaired) electrons. The summed E-state index contributed by atoms with van der Waals surface area (Å²) in [6.45, 7) is 4.85. The number of pyridine rings is 1. The van der Waals surface area contributed by atoms with Gasteiger partial charge in [-0.1, -0.05) is 30.3 Å². The van der Waals surface area contributed by atoms with Crippen LogP contribution in [-0.4, -0.2) is 42.6 Å². The average molecular weight is 447 g/mol. The molecule has 1 saturated heterocycles. The molecule has 1 aromatic heterocycles. The van der Waals surface area contributed by atoms with Gasteiger partial charge in [-0.05, 0) is 56.0 Å². The molecule has 0 atom stereocenters. The highest BCUT2D eigenvalue weighted by molar-refractivity contribution is 6.04. The third-order valence-electron chi connectivity index (χ3n) is 5.77. The van der Waals surface area contributed by atoms with E-state index >= 15 is 0 Å². The number of imide groups is 1. The van der Waals surface area contributed by atoms with Crippen LogP contribution in [0.1, 0.15) is 34.3 Å². The third kappa shape index (κ3) is 5.11. The molecular weight excluding hydrogens is 420 g/mol. The lowest BCUT2D eigenvalue weighted by atomic mass is 10.1. The summed E-state index contributed by atoms with van der Waals surface area (Å²) in [5.74, 6) is -0.813. The Balaban J connectivity index is 1.41. The van der Waals surface area contributed by atoms with Crippen LogP contribution in [0.25, 0.3) is 10.9 Å². The Morgan fingerprint density at radius 3 is 2.58 bits per heavy atom. The van der Waals surface area contributed by atoms with E-state index in [0.717, 1.165) is 48.0 Å². The number of hydrogen-bond donors (Lipinski definition) is 2. The molecule has 2 aromatic carbocycles. The van der Waals surface area contributed by atoms with Gasteiger partial charge in [-0.25, -0.2) is 14.6 Å². The number of carbonyl (C=O) groups excluding carboxylic acids is 3. The lowest BCUT2D eigenvalue weighted by Crippen LogP contribution is -2.37. The summed E-state index contributed by atoms with van der Waals surface area (Å²) in [6, 6.07) is 14.1. The summed E-state index contributed by atoms with van der Waals surface area (Å²) in [4.78, 5) is 44.0. The Morgan fingerprint density at radius 1 is 1.03 bits per heavy atom. The van der Waals surface area contributed by atoms with Gasteiger partial charge in [0, 0.05) is 24.2 Å². The van der Waals surface area contributed by atoms with Crippen molar-refractivity contribution < 1.29 is 19.1 Å². The number of aryl methyl sites for hydroxylation is 1. The first-order valence-electron chi connectivity index (χ1n) is 10.9. The molecule has 1 aliphatic rings. The topological polar surface area (TPSA) is 101 Å². The van der Waals surface area contributed by atoms with Crippen LogP contribution in [0.15, 0.2) is 48.5 Å². The number of amides is 3. The zero-order valence-corrected chi connectivity index (χ0v) is 18.7. The van der Waals surface area contributed by atoms with Crippen LogP contribution in [0.5, 0.6) is 0 Å². The highest BCUT2D eigenvalue weighted by atomic mass is 16.5. The highest BCUT2D eigenvalue weighted by Gasteiger charge is 2.23. The average Bonchev–Trinajstić information content (AvgIpc) is 3.34. The molecule has 3 amide bonds. The number of rotatable bonds is 5. The number of para-hydroxylation sites is 1. The van der Waals surface area contributed by atoms with Gasteiger partial charge < -0.3 is 15.0 Å². The predicted molar refractivity (Wildman–Crippen MR) is 127 cm³/mol. The van der Waals surface area contributed by atoms with Gasteiger partial charge in [0.1, 0.15) is 11.4 Å². The van der Waals surface area contributed by atoms with Crippen LogP contribution in [0, 0.1) is 13.8 Å². The second kappa shape index (κ2) is 9.68. The van der Waals surface area contributed by atoms with Crippen molar-refractivity contribution in [3.63, 3.8) is 0 Å². The second-order valence-corrected chi connectivity index (χ2v) is 8.07. The van der Waals surface area contributed by atoms with Gasteiger partial charge in [0.15, 0.2) is 6.61 Å². The van der Waals surface area contributed by atoms with Gasteiger partial charge in [0.25, 0.3) is 5.91 Å². The first kappa shape index (κ1) is 22.3. The monoisotopic (exact) mass is 446 g/mol. The van der Waals surface area contributed by atoms with Gasteiger partial charge >= 0.3 is 12.0 Å². The van der Waals surface area contributed by atoms with Crippen molar-refractivity contribution in [2.24, 2.45) is 0 Å². The molecule has 1 aliphatic heterocycles. The molecule has 4 rings (SSSR count). The molecule has 0 unspecified atom stereocenters. The number of fused-ring (bicyclic) bond motifs is 1. The minimum atomic E-state index is -0.720. The lowest BCUT2D eigenvalue weighted by Gasteiger charge is -2.20. The number of nitrogens with zero attached hydrogens (tertiary/aromatic N) is 2. The van der Waals surface area contributed by atoms with Crippen molar-refractivity contribution in [1.29, 1.82) is 0 Å². The van der Waals surface area contributed by atoms with E-state index in [9.17, 15) is 14.4 Å². The number of aromatic nitrogens is 1. The van der Waals surface area contributed by atoms with Crippen molar-refractivity contribution in [3.8, 4) is 0 Å². The molecule has 170 valence electrons. The predicted octanol–water partition coefficient (Wildman–Crippen LogP) is 3.96. The fourth-order valence-corrected chi connectivity index (χ4v) is 3.84. The van der Waals surface area contributed by atoms with E-state index in [1.165, 1.54) is 0 Å². The summed E-state index contributed by atoms with van der Waals surface area (Å²) in [6.07, 6.45) is 2.06. The molecule has 0 saturated carbocycles. The Kier molecular flexibility index (Phi) is 6.53. The van der Waals surface area contributed by atoms with Crippen LogP contribution in [-0.2, 0) is 9.53 Å². The van der Waals surface area contributed by atoms with Crippen LogP contribution in [0.2, 0.25) is 0 Å². The number of esters is 1. The first-order valence-corrected chi connectivity index (χ1v) is 10.9. The zero-order valence-electron chi connectivity index (χ0n) is 18.7. The number of hydrogen-bond acceptors (Lipinski definition) is 6. The lowest BCUT2D eigenvalue weighted by molar-refractivity contribution is -0.123. The Hall–Kier alpha value is -3.94. The van der Waals surface area contributed by atoms with Gasteiger partial charge in [-0.3, -0.25) is 10.1 Å². The van der Waals surface area contributed by atoms with Gasteiger partial charge in [-0.2, -0.15) is 0 Å². The van der Waals surface area contributed by atoms with Crippen molar-refractivity contribution in [2.45, 2.75) is 26.7 Å². The smallest absolute Gasteiger partial charge is 0.342 e. The van der Waals surface area contributed by atoms with Gasteiger partial charge in [0.2, 0.25) is 0 Å². The molecule has 2 heterocycles. The van der Waals surface area contributed by atoms with E-state index in [2.05, 4.69) is 20.5 Å². The van der Waals surface area contributed by atoms with Gasteiger partial charge in [-0.15, -0.1) is 0 Å². The molecule has 0 bridgehead atoms. The minimum absolute atomic E-state index is 0.309.